The Morgan fingerprint density at radius 2 is 1.79 bits per heavy atom. The summed E-state index contributed by atoms with van der Waals surface area (Å²) < 4.78 is 5.45. The van der Waals surface area contributed by atoms with E-state index in [-0.39, 0.29) is 0 Å². The van der Waals surface area contributed by atoms with Crippen molar-refractivity contribution in [3.05, 3.63) is 84.4 Å². The van der Waals surface area contributed by atoms with Gasteiger partial charge >= 0.3 is 0 Å². The lowest BCUT2D eigenvalue weighted by molar-refractivity contribution is 0.370. The first kappa shape index (κ1) is 19.1. The van der Waals surface area contributed by atoms with Gasteiger partial charge in [-0.3, -0.25) is 0 Å². The van der Waals surface area contributed by atoms with Crippen LogP contribution >= 0.6 is 0 Å². The number of aliphatic imine (C=N–C) groups is 1. The van der Waals surface area contributed by atoms with Gasteiger partial charge in [0, 0.05) is 45.3 Å². The van der Waals surface area contributed by atoms with Crippen molar-refractivity contribution in [1.82, 2.24) is 15.2 Å². The molecule has 1 fully saturated rings. The molecule has 0 amide bonds. The smallest absolute Gasteiger partial charge is 0.194 e. The molecule has 0 saturated carbocycles. The minimum absolute atomic E-state index is 0.671. The number of hydrogen-bond acceptors (Lipinski definition) is 4. The van der Waals surface area contributed by atoms with Crippen LogP contribution in [-0.2, 0) is 13.0 Å². The molecular formula is C23H27N5O. The largest absolute Gasteiger partial charge is 0.469 e. The van der Waals surface area contributed by atoms with Crippen molar-refractivity contribution >= 4 is 11.8 Å². The Bertz CT molecular complexity index is 872. The van der Waals surface area contributed by atoms with Crippen LogP contribution in [-0.4, -0.2) is 48.6 Å². The second kappa shape index (κ2) is 9.78. The van der Waals surface area contributed by atoms with Crippen LogP contribution in [0.25, 0.3) is 0 Å². The molecule has 4 rings (SSSR count). The molecule has 1 aliphatic rings. The van der Waals surface area contributed by atoms with E-state index in [1.807, 2.05) is 36.5 Å². The van der Waals surface area contributed by atoms with Crippen LogP contribution in [0.2, 0.25) is 0 Å². The van der Waals surface area contributed by atoms with E-state index in [4.69, 9.17) is 9.41 Å². The normalized spacial score (nSPS) is 14.8. The number of guanidine groups is 1. The highest BCUT2D eigenvalue weighted by Crippen LogP contribution is 2.13. The fourth-order valence-corrected chi connectivity index (χ4v) is 3.46. The van der Waals surface area contributed by atoms with Crippen molar-refractivity contribution in [3.63, 3.8) is 0 Å². The van der Waals surface area contributed by atoms with Gasteiger partial charge in [-0.25, -0.2) is 9.98 Å². The van der Waals surface area contributed by atoms with Crippen LogP contribution in [0.15, 0.2) is 82.5 Å². The predicted molar refractivity (Wildman–Crippen MR) is 116 cm³/mol. The van der Waals surface area contributed by atoms with E-state index in [2.05, 4.69) is 50.4 Å². The van der Waals surface area contributed by atoms with Crippen molar-refractivity contribution in [3.8, 4) is 0 Å². The summed E-state index contributed by atoms with van der Waals surface area (Å²) in [5, 5.41) is 3.53. The van der Waals surface area contributed by atoms with Crippen LogP contribution in [0.3, 0.4) is 0 Å². The average molecular weight is 390 g/mol. The van der Waals surface area contributed by atoms with Gasteiger partial charge in [0.1, 0.15) is 11.6 Å². The minimum Gasteiger partial charge on any atom is -0.469 e. The number of rotatable bonds is 6. The molecular weight excluding hydrogens is 362 g/mol. The maximum Gasteiger partial charge on any atom is 0.194 e. The third-order valence-corrected chi connectivity index (χ3v) is 5.04. The van der Waals surface area contributed by atoms with E-state index in [1.54, 1.807) is 6.26 Å². The van der Waals surface area contributed by atoms with Gasteiger partial charge in [0.05, 0.1) is 12.8 Å². The predicted octanol–water partition coefficient (Wildman–Crippen LogP) is 3.19. The molecule has 3 heterocycles. The summed E-state index contributed by atoms with van der Waals surface area (Å²) in [6.45, 7) is 5.16. The highest BCUT2D eigenvalue weighted by Gasteiger charge is 2.20. The number of anilines is 1. The van der Waals surface area contributed by atoms with E-state index < -0.39 is 0 Å². The molecule has 6 nitrogen and oxygen atoms in total. The third-order valence-electron chi connectivity index (χ3n) is 5.04. The molecule has 0 radical (unpaired) electrons. The van der Waals surface area contributed by atoms with Gasteiger partial charge < -0.3 is 19.5 Å². The second-order valence-corrected chi connectivity index (χ2v) is 7.04. The zero-order valence-corrected chi connectivity index (χ0v) is 16.6. The number of nitrogens with zero attached hydrogens (tertiary/aromatic N) is 4. The Morgan fingerprint density at radius 1 is 0.966 bits per heavy atom. The molecule has 1 saturated heterocycles. The molecule has 0 atom stereocenters. The fourth-order valence-electron chi connectivity index (χ4n) is 3.46. The van der Waals surface area contributed by atoms with Crippen LogP contribution < -0.4 is 10.2 Å². The standard InChI is InChI=1S/C23H27N5O/c1-2-7-20(8-3-1)19-26-23(25-13-11-21-9-6-18-29-21)28-16-14-27(15-17-28)22-10-4-5-12-24-22/h1-10,12,18H,11,13-17,19H2,(H,25,26). The molecule has 2 aromatic heterocycles. The first-order chi connectivity index (χ1) is 14.4. The molecule has 6 heteroatoms. The van der Waals surface area contributed by atoms with Crippen LogP contribution in [0.4, 0.5) is 5.82 Å². The number of aromatic nitrogens is 1. The molecule has 0 spiro atoms. The summed E-state index contributed by atoms with van der Waals surface area (Å²) in [6, 6.07) is 20.4. The van der Waals surface area contributed by atoms with E-state index >= 15 is 0 Å². The van der Waals surface area contributed by atoms with Crippen LogP contribution in [0.1, 0.15) is 11.3 Å². The Labute approximate surface area is 171 Å². The van der Waals surface area contributed by atoms with Crippen molar-refractivity contribution in [2.45, 2.75) is 13.0 Å². The number of benzene rings is 1. The van der Waals surface area contributed by atoms with E-state index in [9.17, 15) is 0 Å². The van der Waals surface area contributed by atoms with Gasteiger partial charge in [0.2, 0.25) is 0 Å². The first-order valence-corrected chi connectivity index (χ1v) is 10.1. The Kier molecular flexibility index (Phi) is 6.42. The SMILES string of the molecule is c1ccc(CN=C(NCCc2ccco2)N2CCN(c3ccccn3)CC2)cc1. The third kappa shape index (κ3) is 5.38. The molecule has 1 aromatic carbocycles. The number of pyridine rings is 1. The lowest BCUT2D eigenvalue weighted by Crippen LogP contribution is -2.53. The molecule has 1 N–H and O–H groups in total. The van der Waals surface area contributed by atoms with Gasteiger partial charge in [-0.1, -0.05) is 36.4 Å². The Hall–Kier alpha value is -3.28. The summed E-state index contributed by atoms with van der Waals surface area (Å²) in [4.78, 5) is 14.0. The lowest BCUT2D eigenvalue weighted by Gasteiger charge is -2.37. The van der Waals surface area contributed by atoms with Gasteiger partial charge in [-0.05, 0) is 29.8 Å². The topological polar surface area (TPSA) is 56.9 Å². The molecule has 0 aliphatic carbocycles. The van der Waals surface area contributed by atoms with E-state index in [0.29, 0.717) is 6.54 Å². The van der Waals surface area contributed by atoms with E-state index in [0.717, 1.165) is 56.7 Å². The van der Waals surface area contributed by atoms with Crippen molar-refractivity contribution in [2.24, 2.45) is 4.99 Å². The fraction of sp³-hybridized carbons (Fsp3) is 0.304. The number of furan rings is 1. The Balaban J connectivity index is 1.39. The van der Waals surface area contributed by atoms with Gasteiger partial charge in [-0.2, -0.15) is 0 Å². The summed E-state index contributed by atoms with van der Waals surface area (Å²) >= 11 is 0. The summed E-state index contributed by atoms with van der Waals surface area (Å²) in [5.41, 5.74) is 1.21. The van der Waals surface area contributed by atoms with Gasteiger partial charge in [0.25, 0.3) is 0 Å². The molecule has 150 valence electrons. The highest BCUT2D eigenvalue weighted by atomic mass is 16.3. The number of piperazine rings is 1. The van der Waals surface area contributed by atoms with Crippen molar-refractivity contribution < 1.29 is 4.42 Å². The summed E-state index contributed by atoms with van der Waals surface area (Å²) in [5.74, 6) is 2.99. The molecule has 3 aromatic rings. The van der Waals surface area contributed by atoms with E-state index in [1.165, 1.54) is 5.56 Å². The molecule has 0 bridgehead atoms. The second-order valence-electron chi connectivity index (χ2n) is 7.04. The number of nitrogens with one attached hydrogen (secondary N) is 1. The Morgan fingerprint density at radius 3 is 2.52 bits per heavy atom. The molecule has 1 aliphatic heterocycles. The highest BCUT2D eigenvalue weighted by molar-refractivity contribution is 5.80. The zero-order chi connectivity index (χ0) is 19.7. The number of hydrogen-bond donors (Lipinski definition) is 1. The zero-order valence-electron chi connectivity index (χ0n) is 16.6. The van der Waals surface area contributed by atoms with Gasteiger partial charge in [-0.15, -0.1) is 0 Å². The lowest BCUT2D eigenvalue weighted by atomic mass is 10.2. The van der Waals surface area contributed by atoms with Crippen LogP contribution in [0, 0.1) is 0 Å². The van der Waals surface area contributed by atoms with Crippen molar-refractivity contribution in [1.29, 1.82) is 0 Å². The monoisotopic (exact) mass is 389 g/mol. The first-order valence-electron chi connectivity index (χ1n) is 10.1. The van der Waals surface area contributed by atoms with Gasteiger partial charge in [0.15, 0.2) is 5.96 Å². The maximum atomic E-state index is 5.45. The minimum atomic E-state index is 0.671. The van der Waals surface area contributed by atoms with Crippen molar-refractivity contribution in [2.75, 3.05) is 37.6 Å². The average Bonchev–Trinajstić information content (AvgIpc) is 3.31. The summed E-state index contributed by atoms with van der Waals surface area (Å²) in [7, 11) is 0. The molecule has 29 heavy (non-hydrogen) atoms. The molecule has 0 unspecified atom stereocenters. The van der Waals surface area contributed by atoms with Crippen LogP contribution in [0.5, 0.6) is 0 Å². The quantitative estimate of drug-likeness (QED) is 0.518. The maximum absolute atomic E-state index is 5.45. The summed E-state index contributed by atoms with van der Waals surface area (Å²) in [6.07, 6.45) is 4.41.